The average molecular weight is 832 g/mol. The number of rotatable bonds is 35. The van der Waals surface area contributed by atoms with Gasteiger partial charge in [0, 0.05) is 0 Å². The highest BCUT2D eigenvalue weighted by atomic mass is 32.3. The van der Waals surface area contributed by atoms with Gasteiger partial charge in [-0.05, 0) is 64.2 Å². The van der Waals surface area contributed by atoms with Gasteiger partial charge in [0.2, 0.25) is 5.91 Å². The van der Waals surface area contributed by atoms with Crippen LogP contribution < -0.4 is 5.32 Å². The number of amides is 1. The highest BCUT2D eigenvalue weighted by molar-refractivity contribution is 7.80. The van der Waals surface area contributed by atoms with E-state index in [1.54, 1.807) is 6.08 Å². The van der Waals surface area contributed by atoms with Crippen LogP contribution in [0.3, 0.4) is 0 Å². The molecule has 8 atom stereocenters. The van der Waals surface area contributed by atoms with Gasteiger partial charge in [0.25, 0.3) is 0 Å². The molecule has 1 amide bonds. The van der Waals surface area contributed by atoms with E-state index in [0.29, 0.717) is 12.8 Å². The van der Waals surface area contributed by atoms with E-state index in [0.717, 1.165) is 70.6 Å². The van der Waals surface area contributed by atoms with Crippen molar-refractivity contribution in [1.29, 1.82) is 0 Å². The van der Waals surface area contributed by atoms with Crippen LogP contribution in [0.4, 0.5) is 0 Å². The van der Waals surface area contributed by atoms with Gasteiger partial charge >= 0.3 is 10.4 Å². The van der Waals surface area contributed by atoms with Crippen LogP contribution in [-0.4, -0.2) is 107 Å². The summed E-state index contributed by atoms with van der Waals surface area (Å²) in [5.74, 6) is -0.725. The summed E-state index contributed by atoms with van der Waals surface area (Å²) >= 11 is 0. The molecule has 1 saturated heterocycles. The van der Waals surface area contributed by atoms with Gasteiger partial charge < -0.3 is 40.3 Å². The Kier molecular flexibility index (Phi) is 31.5. The first kappa shape index (κ1) is 53.0. The second-order valence-corrected chi connectivity index (χ2v) is 16.1. The van der Waals surface area contributed by atoms with E-state index < -0.39 is 78.5 Å². The van der Waals surface area contributed by atoms with Crippen molar-refractivity contribution in [2.24, 2.45) is 0 Å². The summed E-state index contributed by atoms with van der Waals surface area (Å²) in [4.78, 5) is 13.1. The molecule has 1 heterocycles. The third-order valence-corrected chi connectivity index (χ3v) is 10.4. The number of carbonyl (C=O) groups excluding carboxylic acids is 1. The molecule has 0 spiro atoms. The van der Waals surface area contributed by atoms with Crippen molar-refractivity contribution in [3.8, 4) is 0 Å². The lowest BCUT2D eigenvalue weighted by Crippen LogP contribution is -2.61. The molecule has 1 aliphatic rings. The number of aliphatic hydroxyl groups is 5. The Morgan fingerprint density at radius 3 is 1.74 bits per heavy atom. The van der Waals surface area contributed by atoms with Gasteiger partial charge in [-0.2, -0.15) is 8.42 Å². The van der Waals surface area contributed by atoms with E-state index in [2.05, 4.69) is 59.8 Å². The van der Waals surface area contributed by atoms with Crippen LogP contribution in [0.15, 0.2) is 48.6 Å². The minimum absolute atomic E-state index is 0.225. The second kappa shape index (κ2) is 33.8. The Balaban J connectivity index is 2.65. The Morgan fingerprint density at radius 1 is 0.702 bits per heavy atom. The van der Waals surface area contributed by atoms with Crippen molar-refractivity contribution in [2.45, 2.75) is 204 Å². The molecule has 0 radical (unpaired) electrons. The number of nitrogens with one attached hydrogen (secondary N) is 1. The maximum absolute atomic E-state index is 13.1. The zero-order valence-electron chi connectivity index (χ0n) is 34.7. The van der Waals surface area contributed by atoms with Crippen LogP contribution in [0.5, 0.6) is 0 Å². The molecule has 0 bridgehead atoms. The second-order valence-electron chi connectivity index (χ2n) is 15.0. The van der Waals surface area contributed by atoms with Crippen LogP contribution >= 0.6 is 0 Å². The van der Waals surface area contributed by atoms with Crippen molar-refractivity contribution in [1.82, 2.24) is 5.32 Å². The van der Waals surface area contributed by atoms with Crippen LogP contribution in [0, 0.1) is 0 Å². The maximum Gasteiger partial charge on any atom is 0.397 e. The summed E-state index contributed by atoms with van der Waals surface area (Å²) in [6.45, 7) is 3.11. The molecule has 332 valence electrons. The van der Waals surface area contributed by atoms with Crippen molar-refractivity contribution < 1.29 is 57.0 Å². The SMILES string of the molecule is CCCC/C=C/CC/C=C/CC/C=C/C(O)C(COC1OC(CO)C(O)C(OS(=O)(=O)O)C1O)NC(=O)C(O)CCCCCCCC/C=C\CCCCCCCC. The minimum Gasteiger partial charge on any atom is -0.394 e. The van der Waals surface area contributed by atoms with Crippen LogP contribution in [0.1, 0.15) is 155 Å². The lowest BCUT2D eigenvalue weighted by Gasteiger charge is -2.41. The molecule has 0 aromatic carbocycles. The molecular formula is C43H77NO12S. The van der Waals surface area contributed by atoms with E-state index in [1.165, 1.54) is 57.4 Å². The van der Waals surface area contributed by atoms with Gasteiger partial charge in [-0.1, -0.05) is 140 Å². The molecule has 7 N–H and O–H groups in total. The van der Waals surface area contributed by atoms with Crippen molar-refractivity contribution in [3.63, 3.8) is 0 Å². The number of aliphatic hydroxyl groups excluding tert-OH is 5. The fourth-order valence-corrected chi connectivity index (χ4v) is 6.92. The highest BCUT2D eigenvalue weighted by Crippen LogP contribution is 2.26. The molecule has 8 unspecified atom stereocenters. The fraction of sp³-hybridized carbons (Fsp3) is 0.791. The predicted octanol–water partition coefficient (Wildman–Crippen LogP) is 6.68. The van der Waals surface area contributed by atoms with Gasteiger partial charge in [0.15, 0.2) is 6.29 Å². The molecule has 57 heavy (non-hydrogen) atoms. The lowest BCUT2D eigenvalue weighted by atomic mass is 9.99. The number of ether oxygens (including phenoxy) is 2. The molecule has 13 nitrogen and oxygen atoms in total. The van der Waals surface area contributed by atoms with Crippen LogP contribution in [0.2, 0.25) is 0 Å². The smallest absolute Gasteiger partial charge is 0.394 e. The number of unbranched alkanes of at least 4 members (excludes halogenated alkanes) is 16. The quantitative estimate of drug-likeness (QED) is 0.0203. The van der Waals surface area contributed by atoms with E-state index in [1.807, 2.05) is 0 Å². The summed E-state index contributed by atoms with van der Waals surface area (Å²) in [6, 6.07) is -1.14. The molecule has 1 rings (SSSR count). The fourth-order valence-electron chi connectivity index (χ4n) is 6.41. The zero-order chi connectivity index (χ0) is 42.2. The Hall–Kier alpha value is -1.98. The largest absolute Gasteiger partial charge is 0.397 e. The normalized spacial score (nSPS) is 22.3. The van der Waals surface area contributed by atoms with Gasteiger partial charge in [-0.15, -0.1) is 0 Å². The zero-order valence-corrected chi connectivity index (χ0v) is 35.6. The number of allylic oxidation sites excluding steroid dienone is 7. The van der Waals surface area contributed by atoms with Crippen molar-refractivity contribution in [3.05, 3.63) is 48.6 Å². The molecule has 0 aliphatic carbocycles. The van der Waals surface area contributed by atoms with Gasteiger partial charge in [-0.3, -0.25) is 9.35 Å². The maximum atomic E-state index is 13.1. The van der Waals surface area contributed by atoms with Gasteiger partial charge in [-0.25, -0.2) is 4.18 Å². The predicted molar refractivity (Wildman–Crippen MR) is 224 cm³/mol. The summed E-state index contributed by atoms with van der Waals surface area (Å²) < 4.78 is 47.3. The summed E-state index contributed by atoms with van der Waals surface area (Å²) in [6.07, 6.45) is 27.8. The molecule has 0 saturated carbocycles. The lowest BCUT2D eigenvalue weighted by molar-refractivity contribution is -0.298. The van der Waals surface area contributed by atoms with E-state index >= 15 is 0 Å². The molecule has 1 fully saturated rings. The van der Waals surface area contributed by atoms with Crippen LogP contribution in [0.25, 0.3) is 0 Å². The van der Waals surface area contributed by atoms with Gasteiger partial charge in [0.1, 0.15) is 30.5 Å². The molecule has 0 aromatic rings. The van der Waals surface area contributed by atoms with Crippen LogP contribution in [-0.2, 0) is 28.9 Å². The first-order valence-electron chi connectivity index (χ1n) is 21.6. The van der Waals surface area contributed by atoms with Crippen molar-refractivity contribution in [2.75, 3.05) is 13.2 Å². The molecule has 1 aliphatic heterocycles. The van der Waals surface area contributed by atoms with E-state index in [-0.39, 0.29) is 6.42 Å². The molecule has 14 heteroatoms. The first-order chi connectivity index (χ1) is 27.4. The standard InChI is InChI=1S/C43H77NO12S/c1-3-5-7-9-11-13-15-17-18-19-20-22-24-26-28-30-32-37(47)42(50)44-35(36(46)31-29-27-25-23-21-16-14-12-10-8-6-4-2)34-54-43-40(49)41(56-57(51,52)53)39(48)38(33-45)55-43/h10,12,17-18,21,23,29,31,35-41,43,45-49H,3-9,11,13-16,19-20,22,24-28,30,32-34H2,1-2H3,(H,44,50)(H,51,52,53)/b12-10+,18-17-,23-21+,31-29+. The topological polar surface area (TPSA) is 212 Å². The monoisotopic (exact) mass is 832 g/mol. The number of hydrogen-bond acceptors (Lipinski definition) is 11. The Morgan fingerprint density at radius 2 is 1.19 bits per heavy atom. The minimum atomic E-state index is -5.12. The highest BCUT2D eigenvalue weighted by Gasteiger charge is 2.48. The Bertz CT molecular complexity index is 1230. The number of carbonyl (C=O) groups is 1. The van der Waals surface area contributed by atoms with E-state index in [4.69, 9.17) is 14.0 Å². The number of hydrogen-bond donors (Lipinski definition) is 7. The summed E-state index contributed by atoms with van der Waals surface area (Å²) in [5.41, 5.74) is 0. The average Bonchev–Trinajstić information content (AvgIpc) is 3.18. The summed E-state index contributed by atoms with van der Waals surface area (Å²) in [5, 5.41) is 55.0. The Labute approximate surface area is 343 Å². The molecule has 0 aromatic heterocycles. The van der Waals surface area contributed by atoms with E-state index in [9.17, 15) is 38.7 Å². The summed E-state index contributed by atoms with van der Waals surface area (Å²) in [7, 11) is -5.12. The van der Waals surface area contributed by atoms with Crippen molar-refractivity contribution >= 4 is 16.3 Å². The third kappa shape index (κ3) is 26.7. The first-order valence-corrected chi connectivity index (χ1v) is 23.0. The van der Waals surface area contributed by atoms with Gasteiger partial charge in [0.05, 0.1) is 25.4 Å². The molecular weight excluding hydrogens is 755 g/mol. The third-order valence-electron chi connectivity index (χ3n) is 9.92.